The van der Waals surface area contributed by atoms with Crippen molar-refractivity contribution in [3.63, 3.8) is 0 Å². The number of carbonyl (C=O) groups is 2. The number of methoxy groups -OCH3 is 1. The van der Waals surface area contributed by atoms with Crippen LogP contribution in [0.25, 0.3) is 10.9 Å². The number of anilines is 2. The maximum absolute atomic E-state index is 16.1. The van der Waals surface area contributed by atoms with Gasteiger partial charge in [0, 0.05) is 56.2 Å². The number of nitrogens with zero attached hydrogens (tertiary/aromatic N) is 8. The number of pyridine rings is 1. The van der Waals surface area contributed by atoms with E-state index in [1.165, 1.54) is 19.4 Å². The number of halogens is 1. The zero-order valence-corrected chi connectivity index (χ0v) is 28.5. The molecule has 1 N–H and O–H groups in total. The summed E-state index contributed by atoms with van der Waals surface area (Å²) in [5.74, 6) is -1.62. The van der Waals surface area contributed by atoms with E-state index in [0.717, 1.165) is 49.2 Å². The van der Waals surface area contributed by atoms with Crippen molar-refractivity contribution in [1.82, 2.24) is 24.5 Å². The number of oxime groups is 1. The maximum Gasteiger partial charge on any atom is 0.341 e. The molecule has 266 valence electrons. The Morgan fingerprint density at radius 1 is 1.12 bits per heavy atom. The Labute approximate surface area is 292 Å². The van der Waals surface area contributed by atoms with Gasteiger partial charge in [-0.25, -0.2) is 9.18 Å². The third-order valence-electron chi connectivity index (χ3n) is 10.5. The van der Waals surface area contributed by atoms with Gasteiger partial charge in [0.25, 0.3) is 5.91 Å². The number of fused-ring (bicyclic) bond motifs is 3. The van der Waals surface area contributed by atoms with Gasteiger partial charge in [-0.1, -0.05) is 28.6 Å². The molecule has 0 unspecified atom stereocenters. The molecule has 1 amide bonds. The Balaban J connectivity index is 0.998. The summed E-state index contributed by atoms with van der Waals surface area (Å²) in [6, 6.07) is 8.86. The molecule has 2 aromatic carbocycles. The normalized spacial score (nSPS) is 21.1. The van der Waals surface area contributed by atoms with Crippen LogP contribution in [0.3, 0.4) is 0 Å². The quantitative estimate of drug-likeness (QED) is 0.230. The molecule has 3 aliphatic heterocycles. The fraction of sp³-hybridized carbons (Fsp3) is 0.444. The van der Waals surface area contributed by atoms with Crippen LogP contribution in [0.4, 0.5) is 15.8 Å². The average molecular weight is 699 g/mol. The first-order valence-corrected chi connectivity index (χ1v) is 17.4. The number of ether oxygens (including phenoxy) is 1. The largest absolute Gasteiger partial charge is 0.492 e. The number of carboxylic acid groups (broad SMARTS) is 1. The van der Waals surface area contributed by atoms with Crippen molar-refractivity contribution in [1.29, 1.82) is 0 Å². The summed E-state index contributed by atoms with van der Waals surface area (Å²) in [5, 5.41) is 22.6. The Bertz CT molecular complexity index is 2130. The third-order valence-corrected chi connectivity index (χ3v) is 10.5. The van der Waals surface area contributed by atoms with E-state index in [-0.39, 0.29) is 40.6 Å². The van der Waals surface area contributed by atoms with Crippen LogP contribution in [0, 0.1) is 11.7 Å². The number of likely N-dealkylation sites (tertiary alicyclic amines) is 1. The van der Waals surface area contributed by atoms with E-state index in [0.29, 0.717) is 56.2 Å². The van der Waals surface area contributed by atoms with Crippen molar-refractivity contribution in [2.24, 2.45) is 11.1 Å². The molecule has 4 aliphatic rings. The van der Waals surface area contributed by atoms with Crippen LogP contribution >= 0.6 is 0 Å². The molecule has 8 rings (SSSR count). The predicted molar refractivity (Wildman–Crippen MR) is 186 cm³/mol. The van der Waals surface area contributed by atoms with Gasteiger partial charge in [0.15, 0.2) is 17.3 Å². The number of carboxylic acids is 1. The molecule has 2 aromatic heterocycles. The van der Waals surface area contributed by atoms with Crippen LogP contribution in [0.1, 0.15) is 60.3 Å². The smallest absolute Gasteiger partial charge is 0.341 e. The Kier molecular flexibility index (Phi) is 8.44. The second kappa shape index (κ2) is 13.1. The van der Waals surface area contributed by atoms with Crippen molar-refractivity contribution >= 4 is 39.9 Å². The molecule has 1 aliphatic carbocycles. The lowest BCUT2D eigenvalue weighted by atomic mass is 9.92. The van der Waals surface area contributed by atoms with E-state index < -0.39 is 17.2 Å². The number of aromatic carboxylic acids is 1. The van der Waals surface area contributed by atoms with Gasteiger partial charge in [-0.2, -0.15) is 0 Å². The summed E-state index contributed by atoms with van der Waals surface area (Å²) in [6.45, 7) is 5.62. The second-order valence-corrected chi connectivity index (χ2v) is 13.6. The molecule has 51 heavy (non-hydrogen) atoms. The summed E-state index contributed by atoms with van der Waals surface area (Å²) in [4.78, 5) is 49.6. The molecule has 0 radical (unpaired) electrons. The zero-order valence-electron chi connectivity index (χ0n) is 28.5. The van der Waals surface area contributed by atoms with E-state index in [1.807, 2.05) is 42.3 Å². The van der Waals surface area contributed by atoms with E-state index in [9.17, 15) is 19.5 Å². The molecule has 3 fully saturated rings. The number of aromatic nitrogens is 4. The fourth-order valence-corrected chi connectivity index (χ4v) is 8.01. The van der Waals surface area contributed by atoms with Crippen molar-refractivity contribution in [2.45, 2.75) is 57.8 Å². The molecule has 1 saturated carbocycles. The number of amides is 1. The molecular formula is C36H39FN8O6. The average Bonchev–Trinajstić information content (AvgIpc) is 3.61. The van der Waals surface area contributed by atoms with Crippen LogP contribution in [-0.4, -0.2) is 93.1 Å². The van der Waals surface area contributed by atoms with Gasteiger partial charge < -0.3 is 29.0 Å². The first kappa shape index (κ1) is 32.9. The molecule has 0 spiro atoms. The van der Waals surface area contributed by atoms with Crippen LogP contribution < -0.4 is 20.0 Å². The van der Waals surface area contributed by atoms with Crippen LogP contribution in [0.2, 0.25) is 0 Å². The Morgan fingerprint density at radius 3 is 2.71 bits per heavy atom. The number of hydrogen-bond acceptors (Lipinski definition) is 10. The SMILES string of the molecule is CCO/N=C1/C(=O)N(CCn2cc(CN3CCC[C@H]4CN(c5c(F)cc6c(=O)c(C(=O)O)cn(C7CC7)c6c5OC)C[C@H]43)nn2)c2ccccc21. The lowest BCUT2D eigenvalue weighted by Crippen LogP contribution is -2.44. The monoisotopic (exact) mass is 698 g/mol. The van der Waals surface area contributed by atoms with E-state index in [1.54, 1.807) is 14.1 Å². The van der Waals surface area contributed by atoms with Gasteiger partial charge in [0.1, 0.15) is 17.9 Å². The van der Waals surface area contributed by atoms with E-state index in [4.69, 9.17) is 9.57 Å². The summed E-state index contributed by atoms with van der Waals surface area (Å²) < 4.78 is 25.5. The number of carbonyl (C=O) groups excluding carboxylic acids is 1. The van der Waals surface area contributed by atoms with E-state index >= 15 is 4.39 Å². The number of para-hydroxylation sites is 1. The number of benzene rings is 2. The number of hydrogen-bond donors (Lipinski definition) is 1. The lowest BCUT2D eigenvalue weighted by Gasteiger charge is -2.36. The molecule has 2 atom stereocenters. The minimum absolute atomic E-state index is 0.0126. The highest BCUT2D eigenvalue weighted by Gasteiger charge is 2.42. The summed E-state index contributed by atoms with van der Waals surface area (Å²) in [6.07, 6.45) is 6.96. The number of rotatable bonds is 11. The van der Waals surface area contributed by atoms with Gasteiger partial charge in [-0.3, -0.25) is 19.2 Å². The third kappa shape index (κ3) is 5.78. The highest BCUT2D eigenvalue weighted by atomic mass is 19.1. The lowest BCUT2D eigenvalue weighted by molar-refractivity contribution is -0.112. The van der Waals surface area contributed by atoms with Gasteiger partial charge in [0.2, 0.25) is 5.43 Å². The first-order chi connectivity index (χ1) is 24.8. The molecule has 0 bridgehead atoms. The summed E-state index contributed by atoms with van der Waals surface area (Å²) in [5.41, 5.74) is 2.27. The predicted octanol–water partition coefficient (Wildman–Crippen LogP) is 3.66. The zero-order chi connectivity index (χ0) is 35.4. The molecular weight excluding hydrogens is 659 g/mol. The van der Waals surface area contributed by atoms with Crippen molar-refractivity contribution < 1.29 is 28.7 Å². The summed E-state index contributed by atoms with van der Waals surface area (Å²) in [7, 11) is 1.47. The Morgan fingerprint density at radius 2 is 1.94 bits per heavy atom. The Hall–Kier alpha value is -5.31. The maximum atomic E-state index is 16.1. The van der Waals surface area contributed by atoms with E-state index in [2.05, 4.69) is 20.4 Å². The van der Waals surface area contributed by atoms with Gasteiger partial charge in [-0.15, -0.1) is 5.10 Å². The van der Waals surface area contributed by atoms with Gasteiger partial charge >= 0.3 is 5.97 Å². The van der Waals surface area contributed by atoms with Crippen LogP contribution in [-0.2, 0) is 22.7 Å². The van der Waals surface area contributed by atoms with Crippen LogP contribution in [0.5, 0.6) is 5.75 Å². The topological polar surface area (TPSA) is 148 Å². The fourth-order valence-electron chi connectivity index (χ4n) is 8.01. The molecule has 5 heterocycles. The highest BCUT2D eigenvalue weighted by molar-refractivity contribution is 6.54. The minimum Gasteiger partial charge on any atom is -0.492 e. The highest BCUT2D eigenvalue weighted by Crippen LogP contribution is 2.45. The number of piperidine rings is 1. The van der Waals surface area contributed by atoms with Crippen LogP contribution in [0.15, 0.2) is 52.7 Å². The van der Waals surface area contributed by atoms with Crippen molar-refractivity contribution in [3.05, 3.63) is 75.6 Å². The molecule has 14 nitrogen and oxygen atoms in total. The van der Waals surface area contributed by atoms with Gasteiger partial charge in [0.05, 0.1) is 35.9 Å². The molecule has 2 saturated heterocycles. The molecule has 4 aromatic rings. The van der Waals surface area contributed by atoms with Crippen molar-refractivity contribution in [3.8, 4) is 5.75 Å². The summed E-state index contributed by atoms with van der Waals surface area (Å²) >= 11 is 0. The standard InChI is InChI=1S/C36H39FN8O6/c1-3-51-39-30-24-8-4-5-9-28(24)44(35(30)47)14-13-43-18-22(38-40-43)17-41-12-6-7-21-16-42(20-29(21)41)32-27(37)15-25-31(34(32)50-2)45(23-10-11-23)19-26(33(25)46)36(48)49/h4-5,8-9,15,18-19,21,23,29H,3,6-7,10-14,16-17,20H2,1-2H3,(H,48,49)/b39-30+/t21-,29+/m0/s1. The van der Waals surface area contributed by atoms with Crippen molar-refractivity contribution in [2.75, 3.05) is 49.7 Å². The minimum atomic E-state index is -1.34. The second-order valence-electron chi connectivity index (χ2n) is 13.6. The first-order valence-electron chi connectivity index (χ1n) is 17.4. The van der Waals surface area contributed by atoms with Gasteiger partial charge in [-0.05, 0) is 57.2 Å². The molecule has 15 heteroatoms.